The number of alkyl halides is 3. The molecule has 1 atom stereocenters. The lowest BCUT2D eigenvalue weighted by Crippen LogP contribution is -2.70. The van der Waals surface area contributed by atoms with Crippen molar-refractivity contribution in [1.82, 2.24) is 24.3 Å². The molecule has 3 saturated carbocycles. The summed E-state index contributed by atoms with van der Waals surface area (Å²) in [4.78, 5) is 24.7. The van der Waals surface area contributed by atoms with Crippen molar-refractivity contribution in [3.05, 3.63) is 45.9 Å². The maximum Gasteiger partial charge on any atom is 0.394 e. The number of anilines is 1. The molecule has 1 aliphatic heterocycles. The van der Waals surface area contributed by atoms with Gasteiger partial charge in [-0.05, 0) is 32.3 Å². The number of fused-ring (bicyclic) bond motifs is 1. The van der Waals surface area contributed by atoms with E-state index in [-0.39, 0.29) is 30.9 Å². The summed E-state index contributed by atoms with van der Waals surface area (Å²) in [5, 5.41) is 4.61. The van der Waals surface area contributed by atoms with Crippen molar-refractivity contribution in [2.24, 2.45) is 19.5 Å². The van der Waals surface area contributed by atoms with Crippen molar-refractivity contribution < 1.29 is 17.9 Å². The van der Waals surface area contributed by atoms with Crippen LogP contribution in [0.4, 0.5) is 19.0 Å². The predicted molar refractivity (Wildman–Crippen MR) is 118 cm³/mol. The number of ether oxygens (including phenoxy) is 1. The molecule has 0 amide bonds. The number of hydrogen-bond acceptors (Lipinski definition) is 6. The third-order valence-corrected chi connectivity index (χ3v) is 7.89. The summed E-state index contributed by atoms with van der Waals surface area (Å²) >= 11 is 0. The SMILES string of the molecule is Cc1nc2c(C34CC(C(F)(F)F)(C3)C4)nc(N3CCO[C@H](c4cnn(C)c4)C3)cc2c(=O)n1C. The molecule has 1 saturated heterocycles. The van der Waals surface area contributed by atoms with Gasteiger partial charge in [0.25, 0.3) is 5.56 Å². The maximum atomic E-state index is 13.6. The van der Waals surface area contributed by atoms with E-state index < -0.39 is 17.0 Å². The lowest BCUT2D eigenvalue weighted by Gasteiger charge is -2.70. The van der Waals surface area contributed by atoms with Crippen molar-refractivity contribution in [1.29, 1.82) is 0 Å². The Bertz CT molecular complexity index is 1360. The Morgan fingerprint density at radius 1 is 1.18 bits per heavy atom. The van der Waals surface area contributed by atoms with E-state index in [1.165, 1.54) is 4.57 Å². The number of morpholine rings is 1. The van der Waals surface area contributed by atoms with Gasteiger partial charge in [-0.15, -0.1) is 0 Å². The first-order valence-electron chi connectivity index (χ1n) is 11.3. The molecule has 180 valence electrons. The number of rotatable bonds is 3. The molecule has 4 aliphatic rings. The average molecular weight is 474 g/mol. The third kappa shape index (κ3) is 2.88. The number of hydrogen-bond donors (Lipinski definition) is 0. The number of pyridine rings is 1. The lowest BCUT2D eigenvalue weighted by molar-refractivity contribution is -0.337. The molecule has 11 heteroatoms. The van der Waals surface area contributed by atoms with Crippen molar-refractivity contribution in [2.75, 3.05) is 24.6 Å². The first kappa shape index (κ1) is 21.6. The standard InChI is InChI=1S/C23H25F3N6O2/c1-13-28-18-15(20(33)31(13)3)6-17(29-19(18)21-10-22(11-21,12-21)23(24,25)26)32-4-5-34-16(9-32)14-7-27-30(2)8-14/h6-8,16H,4-5,9-12H2,1-3H3/t16-,21?,22?/m0/s1. The van der Waals surface area contributed by atoms with E-state index in [2.05, 4.69) is 10.1 Å². The van der Waals surface area contributed by atoms with Crippen molar-refractivity contribution in [3.8, 4) is 0 Å². The molecule has 0 unspecified atom stereocenters. The van der Waals surface area contributed by atoms with E-state index >= 15 is 0 Å². The van der Waals surface area contributed by atoms with E-state index in [1.54, 1.807) is 30.9 Å². The maximum absolute atomic E-state index is 13.6. The van der Waals surface area contributed by atoms with Crippen LogP contribution in [0.2, 0.25) is 0 Å². The fourth-order valence-corrected chi connectivity index (χ4v) is 5.90. The van der Waals surface area contributed by atoms with Crippen LogP contribution < -0.4 is 10.5 Å². The summed E-state index contributed by atoms with van der Waals surface area (Å²) in [6.45, 7) is 3.25. The molecule has 7 rings (SSSR count). The molecule has 4 fully saturated rings. The van der Waals surface area contributed by atoms with Gasteiger partial charge < -0.3 is 9.64 Å². The minimum atomic E-state index is -4.22. The van der Waals surface area contributed by atoms with Crippen LogP contribution in [-0.2, 0) is 24.2 Å². The largest absolute Gasteiger partial charge is 0.394 e. The fraction of sp³-hybridized carbons (Fsp3) is 0.565. The van der Waals surface area contributed by atoms with Gasteiger partial charge in [0.05, 0.1) is 29.3 Å². The van der Waals surface area contributed by atoms with Crippen LogP contribution in [0.1, 0.15) is 42.4 Å². The summed E-state index contributed by atoms with van der Waals surface area (Å²) < 4.78 is 49.8. The smallest absolute Gasteiger partial charge is 0.370 e. The molecular formula is C23H25F3N6O2. The minimum Gasteiger partial charge on any atom is -0.370 e. The van der Waals surface area contributed by atoms with Gasteiger partial charge in [0.15, 0.2) is 0 Å². The highest BCUT2D eigenvalue weighted by Gasteiger charge is 2.79. The first-order chi connectivity index (χ1) is 16.0. The second kappa shape index (κ2) is 6.80. The van der Waals surface area contributed by atoms with Crippen LogP contribution in [0.3, 0.4) is 0 Å². The molecule has 2 bridgehead atoms. The molecule has 3 aromatic rings. The van der Waals surface area contributed by atoms with Gasteiger partial charge in [-0.2, -0.15) is 18.3 Å². The molecule has 0 N–H and O–H groups in total. The Hall–Kier alpha value is -2.95. The average Bonchev–Trinajstić information content (AvgIpc) is 3.16. The Morgan fingerprint density at radius 3 is 2.56 bits per heavy atom. The Labute approximate surface area is 193 Å². The van der Waals surface area contributed by atoms with E-state index in [9.17, 15) is 18.0 Å². The van der Waals surface area contributed by atoms with Gasteiger partial charge in [0.1, 0.15) is 23.3 Å². The molecule has 3 aromatic heterocycles. The molecule has 0 spiro atoms. The highest BCUT2D eigenvalue weighted by Crippen LogP contribution is 2.78. The fourth-order valence-electron chi connectivity index (χ4n) is 5.90. The van der Waals surface area contributed by atoms with E-state index in [0.29, 0.717) is 47.9 Å². The van der Waals surface area contributed by atoms with Crippen LogP contribution in [-0.4, -0.2) is 50.2 Å². The molecule has 0 aromatic carbocycles. The van der Waals surface area contributed by atoms with Crippen LogP contribution in [0.25, 0.3) is 10.9 Å². The topological polar surface area (TPSA) is 78.1 Å². The Balaban J connectivity index is 1.43. The summed E-state index contributed by atoms with van der Waals surface area (Å²) in [7, 11) is 3.49. The summed E-state index contributed by atoms with van der Waals surface area (Å²) in [5.74, 6) is 1.08. The van der Waals surface area contributed by atoms with E-state index in [4.69, 9.17) is 9.72 Å². The second-order valence-electron chi connectivity index (χ2n) is 10.1. The molecule has 3 aliphatic carbocycles. The third-order valence-electron chi connectivity index (χ3n) is 7.89. The molecule has 4 heterocycles. The van der Waals surface area contributed by atoms with Gasteiger partial charge in [0, 0.05) is 44.4 Å². The number of aryl methyl sites for hydroxylation is 2. The van der Waals surface area contributed by atoms with E-state index in [1.807, 2.05) is 18.1 Å². The number of aromatic nitrogens is 5. The minimum absolute atomic E-state index is 0.00636. The summed E-state index contributed by atoms with van der Waals surface area (Å²) in [5.41, 5.74) is -0.622. The highest BCUT2D eigenvalue weighted by molar-refractivity contribution is 5.84. The van der Waals surface area contributed by atoms with Crippen molar-refractivity contribution >= 4 is 16.7 Å². The lowest BCUT2D eigenvalue weighted by atomic mass is 9.34. The van der Waals surface area contributed by atoms with Crippen LogP contribution in [0, 0.1) is 12.3 Å². The first-order valence-corrected chi connectivity index (χ1v) is 11.3. The van der Waals surface area contributed by atoms with Gasteiger partial charge in [-0.1, -0.05) is 0 Å². The molecule has 8 nitrogen and oxygen atoms in total. The monoisotopic (exact) mass is 474 g/mol. The molecule has 0 radical (unpaired) electrons. The molecule has 34 heavy (non-hydrogen) atoms. The summed E-state index contributed by atoms with van der Waals surface area (Å²) in [6.07, 6.45) is -0.762. The van der Waals surface area contributed by atoms with Crippen LogP contribution in [0.5, 0.6) is 0 Å². The zero-order valence-corrected chi connectivity index (χ0v) is 19.2. The van der Waals surface area contributed by atoms with Gasteiger partial charge in [0.2, 0.25) is 0 Å². The van der Waals surface area contributed by atoms with Gasteiger partial charge in [-0.3, -0.25) is 14.0 Å². The zero-order chi connectivity index (χ0) is 24.0. The second-order valence-corrected chi connectivity index (χ2v) is 10.1. The van der Waals surface area contributed by atoms with Gasteiger partial charge >= 0.3 is 6.18 Å². The van der Waals surface area contributed by atoms with Crippen molar-refractivity contribution in [3.63, 3.8) is 0 Å². The van der Waals surface area contributed by atoms with Gasteiger partial charge in [-0.25, -0.2) is 9.97 Å². The number of nitrogens with zero attached hydrogens (tertiary/aromatic N) is 6. The van der Waals surface area contributed by atoms with Crippen LogP contribution in [0.15, 0.2) is 23.3 Å². The van der Waals surface area contributed by atoms with E-state index in [0.717, 1.165) is 5.56 Å². The van der Waals surface area contributed by atoms with Crippen LogP contribution >= 0.6 is 0 Å². The summed E-state index contributed by atoms with van der Waals surface area (Å²) in [6, 6.07) is 1.73. The van der Waals surface area contributed by atoms with Crippen molar-refractivity contribution in [2.45, 2.75) is 43.9 Å². The normalized spacial score (nSPS) is 28.6. The highest BCUT2D eigenvalue weighted by atomic mass is 19.4. The Morgan fingerprint density at radius 2 is 1.91 bits per heavy atom. The zero-order valence-electron chi connectivity index (χ0n) is 19.2. The Kier molecular flexibility index (Phi) is 4.32. The number of halogens is 3. The quantitative estimate of drug-likeness (QED) is 0.581. The predicted octanol–water partition coefficient (Wildman–Crippen LogP) is 2.93. The molecular weight excluding hydrogens is 449 g/mol.